The summed E-state index contributed by atoms with van der Waals surface area (Å²) >= 11 is 0. The van der Waals surface area contributed by atoms with Crippen molar-refractivity contribution in [1.82, 2.24) is 0 Å². The number of methoxy groups -OCH3 is 1. The SMILES string of the molecule is COc1ccc(O)c(C(N)Cc2ccccc2)c1. The number of ether oxygens (including phenoxy) is 1. The summed E-state index contributed by atoms with van der Waals surface area (Å²) < 4.78 is 5.14. The molecule has 0 aliphatic rings. The van der Waals surface area contributed by atoms with Crippen LogP contribution in [0.5, 0.6) is 11.5 Å². The molecule has 0 saturated carbocycles. The van der Waals surface area contributed by atoms with Crippen molar-refractivity contribution in [3.63, 3.8) is 0 Å². The zero-order chi connectivity index (χ0) is 13.0. The fourth-order valence-corrected chi connectivity index (χ4v) is 1.93. The third-order valence-corrected chi connectivity index (χ3v) is 2.93. The van der Waals surface area contributed by atoms with Crippen molar-refractivity contribution in [3.8, 4) is 11.5 Å². The third-order valence-electron chi connectivity index (χ3n) is 2.93. The second-order valence-electron chi connectivity index (χ2n) is 4.22. The predicted molar refractivity (Wildman–Crippen MR) is 71.7 cm³/mol. The smallest absolute Gasteiger partial charge is 0.120 e. The van der Waals surface area contributed by atoms with E-state index < -0.39 is 0 Å². The van der Waals surface area contributed by atoms with Crippen molar-refractivity contribution in [2.24, 2.45) is 5.73 Å². The van der Waals surface area contributed by atoms with Crippen LogP contribution in [0.1, 0.15) is 17.2 Å². The maximum atomic E-state index is 9.84. The molecule has 0 aromatic heterocycles. The minimum atomic E-state index is -0.248. The lowest BCUT2D eigenvalue weighted by atomic mass is 9.99. The molecule has 2 aromatic carbocycles. The van der Waals surface area contributed by atoms with E-state index in [-0.39, 0.29) is 11.8 Å². The van der Waals surface area contributed by atoms with Crippen LogP contribution in [0, 0.1) is 0 Å². The van der Waals surface area contributed by atoms with Crippen molar-refractivity contribution in [2.45, 2.75) is 12.5 Å². The Kier molecular flexibility index (Phi) is 3.85. The molecule has 0 aliphatic carbocycles. The van der Waals surface area contributed by atoms with E-state index in [1.54, 1.807) is 25.3 Å². The molecule has 1 atom stereocenters. The number of nitrogens with two attached hydrogens (primary N) is 1. The molecule has 0 aliphatic heterocycles. The van der Waals surface area contributed by atoms with E-state index in [2.05, 4.69) is 0 Å². The molecule has 94 valence electrons. The Morgan fingerprint density at radius 2 is 1.89 bits per heavy atom. The van der Waals surface area contributed by atoms with Gasteiger partial charge in [-0.1, -0.05) is 30.3 Å². The van der Waals surface area contributed by atoms with Gasteiger partial charge in [-0.3, -0.25) is 0 Å². The van der Waals surface area contributed by atoms with Gasteiger partial charge in [0.1, 0.15) is 11.5 Å². The van der Waals surface area contributed by atoms with Crippen molar-refractivity contribution < 1.29 is 9.84 Å². The second kappa shape index (κ2) is 5.56. The van der Waals surface area contributed by atoms with Crippen LogP contribution >= 0.6 is 0 Å². The molecule has 0 radical (unpaired) electrons. The van der Waals surface area contributed by atoms with Gasteiger partial charge in [0.25, 0.3) is 0 Å². The van der Waals surface area contributed by atoms with Crippen LogP contribution in [-0.4, -0.2) is 12.2 Å². The first-order valence-corrected chi connectivity index (χ1v) is 5.87. The van der Waals surface area contributed by atoms with Gasteiger partial charge in [-0.15, -0.1) is 0 Å². The van der Waals surface area contributed by atoms with Crippen LogP contribution in [0.4, 0.5) is 0 Å². The molecule has 0 fully saturated rings. The van der Waals surface area contributed by atoms with Gasteiger partial charge in [-0.25, -0.2) is 0 Å². The standard InChI is InChI=1S/C15H17NO2/c1-18-12-7-8-15(17)13(10-12)14(16)9-11-5-3-2-4-6-11/h2-8,10,14,17H,9,16H2,1H3. The number of rotatable bonds is 4. The third kappa shape index (κ3) is 2.81. The zero-order valence-corrected chi connectivity index (χ0v) is 10.3. The molecule has 3 N–H and O–H groups in total. The van der Waals surface area contributed by atoms with Gasteiger partial charge < -0.3 is 15.6 Å². The average molecular weight is 243 g/mol. The molecular formula is C15H17NO2. The highest BCUT2D eigenvalue weighted by Crippen LogP contribution is 2.28. The van der Waals surface area contributed by atoms with Crippen molar-refractivity contribution in [2.75, 3.05) is 7.11 Å². The lowest BCUT2D eigenvalue weighted by molar-refractivity contribution is 0.409. The van der Waals surface area contributed by atoms with Crippen LogP contribution in [0.3, 0.4) is 0 Å². The summed E-state index contributed by atoms with van der Waals surface area (Å²) in [7, 11) is 1.60. The van der Waals surface area contributed by atoms with Crippen molar-refractivity contribution in [3.05, 3.63) is 59.7 Å². The highest BCUT2D eigenvalue weighted by Gasteiger charge is 2.12. The van der Waals surface area contributed by atoms with Crippen LogP contribution in [0.15, 0.2) is 48.5 Å². The fourth-order valence-electron chi connectivity index (χ4n) is 1.93. The largest absolute Gasteiger partial charge is 0.508 e. The highest BCUT2D eigenvalue weighted by molar-refractivity contribution is 5.41. The Morgan fingerprint density at radius 3 is 2.56 bits per heavy atom. The van der Waals surface area contributed by atoms with E-state index >= 15 is 0 Å². The minimum Gasteiger partial charge on any atom is -0.508 e. The molecule has 0 bridgehead atoms. The molecule has 0 amide bonds. The van der Waals surface area contributed by atoms with E-state index in [1.165, 1.54) is 0 Å². The Labute approximate surface area is 107 Å². The molecule has 0 heterocycles. The number of hydrogen-bond donors (Lipinski definition) is 2. The summed E-state index contributed by atoms with van der Waals surface area (Å²) in [4.78, 5) is 0. The predicted octanol–water partition coefficient (Wildman–Crippen LogP) is 2.64. The quantitative estimate of drug-likeness (QED) is 0.868. The number of benzene rings is 2. The first-order chi connectivity index (χ1) is 8.70. The topological polar surface area (TPSA) is 55.5 Å². The summed E-state index contributed by atoms with van der Waals surface area (Å²) in [5.41, 5.74) is 7.99. The monoisotopic (exact) mass is 243 g/mol. The molecule has 2 rings (SSSR count). The molecule has 0 saturated heterocycles. The lowest BCUT2D eigenvalue weighted by Crippen LogP contribution is -2.13. The number of aromatic hydroxyl groups is 1. The minimum absolute atomic E-state index is 0.208. The summed E-state index contributed by atoms with van der Waals surface area (Å²) in [6.07, 6.45) is 0.682. The molecule has 2 aromatic rings. The Morgan fingerprint density at radius 1 is 1.17 bits per heavy atom. The summed E-state index contributed by atoms with van der Waals surface area (Å²) in [6.45, 7) is 0. The summed E-state index contributed by atoms with van der Waals surface area (Å²) in [5, 5.41) is 9.84. The first kappa shape index (κ1) is 12.5. The fraction of sp³-hybridized carbons (Fsp3) is 0.200. The van der Waals surface area contributed by atoms with Crippen LogP contribution < -0.4 is 10.5 Å². The van der Waals surface area contributed by atoms with Crippen molar-refractivity contribution in [1.29, 1.82) is 0 Å². The molecule has 3 heteroatoms. The average Bonchev–Trinajstić information content (AvgIpc) is 2.40. The van der Waals surface area contributed by atoms with Gasteiger partial charge in [-0.2, -0.15) is 0 Å². The molecule has 3 nitrogen and oxygen atoms in total. The van der Waals surface area contributed by atoms with E-state index in [1.807, 2.05) is 30.3 Å². The Hall–Kier alpha value is -2.00. The molecule has 18 heavy (non-hydrogen) atoms. The van der Waals surface area contributed by atoms with Crippen LogP contribution in [0.2, 0.25) is 0 Å². The van der Waals surface area contributed by atoms with Crippen LogP contribution in [-0.2, 0) is 6.42 Å². The van der Waals surface area contributed by atoms with Crippen LogP contribution in [0.25, 0.3) is 0 Å². The lowest BCUT2D eigenvalue weighted by Gasteiger charge is -2.15. The first-order valence-electron chi connectivity index (χ1n) is 5.87. The van der Waals surface area contributed by atoms with Gasteiger partial charge in [0, 0.05) is 11.6 Å². The van der Waals surface area contributed by atoms with Crippen molar-refractivity contribution >= 4 is 0 Å². The van der Waals surface area contributed by atoms with E-state index in [4.69, 9.17) is 10.5 Å². The van der Waals surface area contributed by atoms with E-state index in [0.29, 0.717) is 17.7 Å². The Balaban J connectivity index is 2.20. The number of phenols is 1. The normalized spacial score (nSPS) is 12.1. The van der Waals surface area contributed by atoms with E-state index in [9.17, 15) is 5.11 Å². The van der Waals surface area contributed by atoms with Gasteiger partial charge in [-0.05, 0) is 30.2 Å². The number of hydrogen-bond acceptors (Lipinski definition) is 3. The summed E-state index contributed by atoms with van der Waals surface area (Å²) in [6, 6.07) is 14.8. The molecule has 1 unspecified atom stereocenters. The second-order valence-corrected chi connectivity index (χ2v) is 4.22. The highest BCUT2D eigenvalue weighted by atomic mass is 16.5. The zero-order valence-electron chi connectivity index (χ0n) is 10.3. The van der Waals surface area contributed by atoms with Gasteiger partial charge in [0.2, 0.25) is 0 Å². The molecule has 0 spiro atoms. The van der Waals surface area contributed by atoms with Gasteiger partial charge >= 0.3 is 0 Å². The maximum Gasteiger partial charge on any atom is 0.120 e. The van der Waals surface area contributed by atoms with Gasteiger partial charge in [0.15, 0.2) is 0 Å². The maximum absolute atomic E-state index is 9.84. The number of phenolic OH excluding ortho intramolecular Hbond substituents is 1. The molecular weight excluding hydrogens is 226 g/mol. The summed E-state index contributed by atoms with van der Waals surface area (Å²) in [5.74, 6) is 0.908. The van der Waals surface area contributed by atoms with Gasteiger partial charge in [0.05, 0.1) is 7.11 Å². The van der Waals surface area contributed by atoms with E-state index in [0.717, 1.165) is 5.56 Å². The Bertz CT molecular complexity index is 511.